The van der Waals surface area contributed by atoms with Crippen LogP contribution in [-0.4, -0.2) is 40.5 Å². The van der Waals surface area contributed by atoms with Crippen molar-refractivity contribution in [2.24, 2.45) is 5.41 Å². The zero-order valence-corrected chi connectivity index (χ0v) is 11.4. The Bertz CT molecular complexity index is 534. The standard InChI is InChI=1S/C14H16F3NO3/c15-14(16,17)11(19)10-9(7-13(10)4-2-5-13)18-6-1-3-8(18)12(20)21/h8H,1-7H2,(H,20,21). The Morgan fingerprint density at radius 2 is 1.90 bits per heavy atom. The van der Waals surface area contributed by atoms with Gasteiger partial charge in [0, 0.05) is 23.2 Å². The number of nitrogens with zero attached hydrogens (tertiary/aromatic N) is 1. The largest absolute Gasteiger partial charge is 0.480 e. The number of carbonyl (C=O) groups excluding carboxylic acids is 1. The average Bonchev–Trinajstić information content (AvgIpc) is 2.73. The molecule has 1 N–H and O–H groups in total. The Morgan fingerprint density at radius 1 is 1.24 bits per heavy atom. The van der Waals surface area contributed by atoms with Crippen molar-refractivity contribution >= 4 is 11.8 Å². The molecule has 0 aromatic carbocycles. The second kappa shape index (κ2) is 4.48. The smallest absolute Gasteiger partial charge is 0.454 e. The molecule has 1 saturated heterocycles. The SMILES string of the molecule is O=C(O)C1CCCN1C1=C(C(=O)C(F)(F)F)C2(CCC2)C1. The Kier molecular flexibility index (Phi) is 3.07. The summed E-state index contributed by atoms with van der Waals surface area (Å²) in [5.41, 5.74) is -0.468. The van der Waals surface area contributed by atoms with E-state index in [9.17, 15) is 22.8 Å². The zero-order valence-electron chi connectivity index (χ0n) is 11.4. The lowest BCUT2D eigenvalue weighted by molar-refractivity contribution is -0.170. The third kappa shape index (κ3) is 2.05. The van der Waals surface area contributed by atoms with Gasteiger partial charge in [-0.1, -0.05) is 6.42 Å². The van der Waals surface area contributed by atoms with Crippen molar-refractivity contribution in [2.45, 2.75) is 50.7 Å². The molecule has 0 aromatic heterocycles. The van der Waals surface area contributed by atoms with Crippen LogP contribution in [0.1, 0.15) is 38.5 Å². The van der Waals surface area contributed by atoms with Crippen molar-refractivity contribution in [3.05, 3.63) is 11.3 Å². The van der Waals surface area contributed by atoms with Crippen LogP contribution in [0.15, 0.2) is 11.3 Å². The van der Waals surface area contributed by atoms with Crippen LogP contribution in [0.2, 0.25) is 0 Å². The van der Waals surface area contributed by atoms with Crippen LogP contribution in [0.3, 0.4) is 0 Å². The first-order chi connectivity index (χ1) is 9.76. The zero-order chi connectivity index (χ0) is 15.4. The maximum atomic E-state index is 12.8. The highest BCUT2D eigenvalue weighted by Crippen LogP contribution is 2.61. The second-order valence-corrected chi connectivity index (χ2v) is 6.15. The van der Waals surface area contributed by atoms with Crippen LogP contribution in [0, 0.1) is 5.41 Å². The monoisotopic (exact) mass is 303 g/mol. The number of rotatable bonds is 3. The van der Waals surface area contributed by atoms with Gasteiger partial charge in [0.2, 0.25) is 0 Å². The van der Waals surface area contributed by atoms with Crippen LogP contribution < -0.4 is 0 Å². The van der Waals surface area contributed by atoms with Gasteiger partial charge in [0.1, 0.15) is 6.04 Å². The van der Waals surface area contributed by atoms with Gasteiger partial charge < -0.3 is 10.0 Å². The number of alkyl halides is 3. The van der Waals surface area contributed by atoms with E-state index in [1.807, 2.05) is 0 Å². The molecule has 3 rings (SSSR count). The molecule has 21 heavy (non-hydrogen) atoms. The first kappa shape index (κ1) is 14.4. The summed E-state index contributed by atoms with van der Waals surface area (Å²) in [7, 11) is 0. The summed E-state index contributed by atoms with van der Waals surface area (Å²) in [5.74, 6) is -2.81. The first-order valence-corrected chi connectivity index (χ1v) is 7.11. The molecule has 116 valence electrons. The van der Waals surface area contributed by atoms with E-state index in [2.05, 4.69) is 0 Å². The topological polar surface area (TPSA) is 57.6 Å². The third-order valence-electron chi connectivity index (χ3n) is 5.00. The second-order valence-electron chi connectivity index (χ2n) is 6.15. The van der Waals surface area contributed by atoms with Crippen molar-refractivity contribution in [1.29, 1.82) is 0 Å². The highest BCUT2D eigenvalue weighted by Gasteiger charge is 2.59. The molecular weight excluding hydrogens is 287 g/mol. The lowest BCUT2D eigenvalue weighted by Gasteiger charge is -2.54. The van der Waals surface area contributed by atoms with Gasteiger partial charge in [0.05, 0.1) is 0 Å². The number of aliphatic carboxylic acids is 1. The molecule has 1 spiro atoms. The minimum absolute atomic E-state index is 0.158. The average molecular weight is 303 g/mol. The summed E-state index contributed by atoms with van der Waals surface area (Å²) in [6, 6.07) is -0.798. The molecular formula is C14H16F3NO3. The Hall–Kier alpha value is -1.53. The minimum atomic E-state index is -4.89. The number of hydrogen-bond acceptors (Lipinski definition) is 3. The van der Waals surface area contributed by atoms with Crippen LogP contribution in [-0.2, 0) is 9.59 Å². The Labute approximate surface area is 119 Å². The molecule has 1 heterocycles. The number of carboxylic acid groups (broad SMARTS) is 1. The number of halogens is 3. The quantitative estimate of drug-likeness (QED) is 0.870. The first-order valence-electron chi connectivity index (χ1n) is 7.11. The fraction of sp³-hybridized carbons (Fsp3) is 0.714. The van der Waals surface area contributed by atoms with Crippen LogP contribution in [0.5, 0.6) is 0 Å². The van der Waals surface area contributed by atoms with E-state index in [-0.39, 0.29) is 5.57 Å². The predicted molar refractivity (Wildman–Crippen MR) is 66.4 cm³/mol. The summed E-state index contributed by atoms with van der Waals surface area (Å²) in [6.45, 7) is 0.414. The molecule has 2 fully saturated rings. The lowest BCUT2D eigenvalue weighted by Crippen LogP contribution is -2.52. The van der Waals surface area contributed by atoms with Crippen LogP contribution in [0.4, 0.5) is 13.2 Å². The predicted octanol–water partition coefficient (Wildman–Crippen LogP) is 2.49. The number of carboxylic acids is 1. The van der Waals surface area contributed by atoms with Gasteiger partial charge in [-0.05, 0) is 32.1 Å². The van der Waals surface area contributed by atoms with Crippen molar-refractivity contribution < 1.29 is 27.9 Å². The molecule has 7 heteroatoms. The van der Waals surface area contributed by atoms with E-state index >= 15 is 0 Å². The number of allylic oxidation sites excluding steroid dienone is 2. The number of hydrogen-bond donors (Lipinski definition) is 1. The van der Waals surface area contributed by atoms with Gasteiger partial charge in [-0.2, -0.15) is 13.2 Å². The highest BCUT2D eigenvalue weighted by atomic mass is 19.4. The van der Waals surface area contributed by atoms with Gasteiger partial charge >= 0.3 is 12.1 Å². The fourth-order valence-corrected chi connectivity index (χ4v) is 3.83. The molecule has 0 bridgehead atoms. The van der Waals surface area contributed by atoms with E-state index < -0.39 is 29.4 Å². The number of ketones is 1. The van der Waals surface area contributed by atoms with Crippen LogP contribution >= 0.6 is 0 Å². The summed E-state index contributed by atoms with van der Waals surface area (Å²) in [5, 5.41) is 9.17. The van der Waals surface area contributed by atoms with Gasteiger partial charge in [0.15, 0.2) is 0 Å². The lowest BCUT2D eigenvalue weighted by atomic mass is 9.53. The molecule has 4 nitrogen and oxygen atoms in total. The molecule has 0 aromatic rings. The molecule has 2 aliphatic carbocycles. The molecule has 0 amide bonds. The number of Topliss-reactive ketones (excluding diaryl/α,β-unsaturated/α-hetero) is 1. The maximum Gasteiger partial charge on any atom is 0.454 e. The molecule has 3 aliphatic rings. The van der Waals surface area contributed by atoms with Gasteiger partial charge in [-0.25, -0.2) is 4.79 Å². The van der Waals surface area contributed by atoms with Crippen molar-refractivity contribution in [3.63, 3.8) is 0 Å². The summed E-state index contributed by atoms with van der Waals surface area (Å²) >= 11 is 0. The summed E-state index contributed by atoms with van der Waals surface area (Å²) in [4.78, 5) is 24.5. The van der Waals surface area contributed by atoms with Crippen molar-refractivity contribution in [1.82, 2.24) is 4.90 Å². The summed E-state index contributed by atoms with van der Waals surface area (Å²) in [6.07, 6.45) is -1.42. The molecule has 1 atom stereocenters. The highest BCUT2D eigenvalue weighted by molar-refractivity contribution is 6.03. The Balaban J connectivity index is 1.97. The van der Waals surface area contributed by atoms with Crippen molar-refractivity contribution in [2.75, 3.05) is 6.54 Å². The number of carbonyl (C=O) groups is 2. The molecule has 1 unspecified atom stereocenters. The molecule has 1 saturated carbocycles. The van der Waals surface area contributed by atoms with Crippen LogP contribution in [0.25, 0.3) is 0 Å². The van der Waals surface area contributed by atoms with E-state index in [4.69, 9.17) is 5.11 Å². The van der Waals surface area contributed by atoms with Gasteiger partial charge in [-0.3, -0.25) is 4.79 Å². The molecule has 0 radical (unpaired) electrons. The Morgan fingerprint density at radius 3 is 2.38 bits per heavy atom. The van der Waals surface area contributed by atoms with Crippen molar-refractivity contribution in [3.8, 4) is 0 Å². The minimum Gasteiger partial charge on any atom is -0.480 e. The summed E-state index contributed by atoms with van der Waals surface area (Å²) < 4.78 is 38.5. The third-order valence-corrected chi connectivity index (χ3v) is 5.00. The van der Waals surface area contributed by atoms with E-state index in [1.165, 1.54) is 4.90 Å². The maximum absolute atomic E-state index is 12.8. The van der Waals surface area contributed by atoms with E-state index in [0.29, 0.717) is 44.3 Å². The molecule has 1 aliphatic heterocycles. The van der Waals surface area contributed by atoms with E-state index in [0.717, 1.165) is 6.42 Å². The van der Waals surface area contributed by atoms with E-state index in [1.54, 1.807) is 0 Å². The van der Waals surface area contributed by atoms with Gasteiger partial charge in [0.25, 0.3) is 5.78 Å². The normalized spacial score (nSPS) is 27.6. The number of likely N-dealkylation sites (tertiary alicyclic amines) is 1. The fourth-order valence-electron chi connectivity index (χ4n) is 3.83. The van der Waals surface area contributed by atoms with Gasteiger partial charge in [-0.15, -0.1) is 0 Å².